The van der Waals surface area contributed by atoms with Gasteiger partial charge in [-0.1, -0.05) is 24.3 Å². The summed E-state index contributed by atoms with van der Waals surface area (Å²) in [7, 11) is 1.61. The number of hydrogen-bond donors (Lipinski definition) is 1. The van der Waals surface area contributed by atoms with Gasteiger partial charge in [-0.15, -0.1) is 0 Å². The summed E-state index contributed by atoms with van der Waals surface area (Å²) in [6.07, 6.45) is 0. The Labute approximate surface area is 148 Å². The zero-order chi connectivity index (χ0) is 17.5. The van der Waals surface area contributed by atoms with Gasteiger partial charge in [-0.2, -0.15) is 0 Å². The predicted molar refractivity (Wildman–Crippen MR) is 96.7 cm³/mol. The van der Waals surface area contributed by atoms with Crippen LogP contribution in [0.5, 0.6) is 5.75 Å². The topological polar surface area (TPSA) is 50.8 Å². The van der Waals surface area contributed by atoms with Gasteiger partial charge in [-0.25, -0.2) is 0 Å². The summed E-state index contributed by atoms with van der Waals surface area (Å²) >= 11 is 0. The number of carbonyl (C=O) groups is 1. The molecule has 1 N–H and O–H groups in total. The molecule has 1 aliphatic heterocycles. The van der Waals surface area contributed by atoms with E-state index in [4.69, 9.17) is 9.47 Å². The van der Waals surface area contributed by atoms with E-state index in [0.717, 1.165) is 44.2 Å². The van der Waals surface area contributed by atoms with Gasteiger partial charge >= 0.3 is 0 Å². The maximum absolute atomic E-state index is 12.2. The third-order valence-electron chi connectivity index (χ3n) is 4.31. The minimum atomic E-state index is -0.0822. The van der Waals surface area contributed by atoms with Crippen LogP contribution in [0.4, 0.5) is 0 Å². The van der Waals surface area contributed by atoms with Crippen LogP contribution in [0, 0.1) is 0 Å². The molecule has 25 heavy (non-hydrogen) atoms. The Kier molecular flexibility index (Phi) is 6.04. The number of amides is 1. The molecule has 1 fully saturated rings. The highest BCUT2D eigenvalue weighted by atomic mass is 16.5. The van der Waals surface area contributed by atoms with Crippen LogP contribution >= 0.6 is 0 Å². The highest BCUT2D eigenvalue weighted by molar-refractivity contribution is 5.94. The third-order valence-corrected chi connectivity index (χ3v) is 4.31. The number of morpholine rings is 1. The molecule has 1 heterocycles. The first kappa shape index (κ1) is 17.5. The SMILES string of the molecule is COc1ccc(C(=O)NCc2cccc(CN3CCOCC3)c2)cc1. The van der Waals surface area contributed by atoms with E-state index >= 15 is 0 Å². The minimum absolute atomic E-state index is 0.0822. The van der Waals surface area contributed by atoms with Crippen LogP contribution in [0.2, 0.25) is 0 Å². The van der Waals surface area contributed by atoms with E-state index in [1.54, 1.807) is 31.4 Å². The lowest BCUT2D eigenvalue weighted by Crippen LogP contribution is -2.35. The number of carbonyl (C=O) groups excluding carboxylic acids is 1. The van der Waals surface area contributed by atoms with Gasteiger partial charge in [0.05, 0.1) is 20.3 Å². The van der Waals surface area contributed by atoms with Gasteiger partial charge in [-0.05, 0) is 35.4 Å². The number of nitrogens with one attached hydrogen (secondary N) is 1. The van der Waals surface area contributed by atoms with E-state index in [1.165, 1.54) is 5.56 Å². The zero-order valence-corrected chi connectivity index (χ0v) is 14.5. The van der Waals surface area contributed by atoms with E-state index in [-0.39, 0.29) is 5.91 Å². The van der Waals surface area contributed by atoms with Crippen molar-refractivity contribution in [3.8, 4) is 5.75 Å². The van der Waals surface area contributed by atoms with Crippen molar-refractivity contribution in [1.29, 1.82) is 0 Å². The van der Waals surface area contributed by atoms with Gasteiger partial charge in [0, 0.05) is 31.7 Å². The van der Waals surface area contributed by atoms with Crippen molar-refractivity contribution in [1.82, 2.24) is 10.2 Å². The normalized spacial score (nSPS) is 14.9. The van der Waals surface area contributed by atoms with Crippen molar-refractivity contribution < 1.29 is 14.3 Å². The Hall–Kier alpha value is -2.37. The molecule has 2 aromatic rings. The summed E-state index contributed by atoms with van der Waals surface area (Å²) in [5, 5.41) is 2.97. The summed E-state index contributed by atoms with van der Waals surface area (Å²) in [5.41, 5.74) is 3.00. The molecule has 0 radical (unpaired) electrons. The van der Waals surface area contributed by atoms with E-state index < -0.39 is 0 Å². The van der Waals surface area contributed by atoms with Gasteiger partial charge in [0.1, 0.15) is 5.75 Å². The van der Waals surface area contributed by atoms with E-state index in [0.29, 0.717) is 12.1 Å². The van der Waals surface area contributed by atoms with Crippen LogP contribution in [-0.4, -0.2) is 44.2 Å². The molecule has 2 aromatic carbocycles. The minimum Gasteiger partial charge on any atom is -0.497 e. The van der Waals surface area contributed by atoms with Gasteiger partial charge < -0.3 is 14.8 Å². The first-order chi connectivity index (χ1) is 12.2. The van der Waals surface area contributed by atoms with Crippen LogP contribution in [0.15, 0.2) is 48.5 Å². The summed E-state index contributed by atoms with van der Waals surface area (Å²) in [5.74, 6) is 0.661. The van der Waals surface area contributed by atoms with Crippen LogP contribution in [0.1, 0.15) is 21.5 Å². The Bertz CT molecular complexity index is 694. The molecule has 5 heteroatoms. The van der Waals surface area contributed by atoms with Crippen LogP contribution < -0.4 is 10.1 Å². The van der Waals surface area contributed by atoms with Gasteiger partial charge in [0.15, 0.2) is 0 Å². The highest BCUT2D eigenvalue weighted by Gasteiger charge is 2.11. The second kappa shape index (κ2) is 8.65. The molecule has 0 spiro atoms. The first-order valence-electron chi connectivity index (χ1n) is 8.55. The maximum Gasteiger partial charge on any atom is 0.251 e. The standard InChI is InChI=1S/C20H24N2O3/c1-24-19-7-5-18(6-8-19)20(23)21-14-16-3-2-4-17(13-16)15-22-9-11-25-12-10-22/h2-8,13H,9-12,14-15H2,1H3,(H,21,23). The molecular formula is C20H24N2O3. The van der Waals surface area contributed by atoms with Crippen LogP contribution in [-0.2, 0) is 17.8 Å². The predicted octanol–water partition coefficient (Wildman–Crippen LogP) is 2.46. The van der Waals surface area contributed by atoms with E-state index in [1.807, 2.05) is 12.1 Å². The Morgan fingerprint density at radius 3 is 2.56 bits per heavy atom. The monoisotopic (exact) mass is 340 g/mol. The molecule has 0 bridgehead atoms. The Morgan fingerprint density at radius 2 is 1.84 bits per heavy atom. The second-order valence-corrected chi connectivity index (χ2v) is 6.12. The lowest BCUT2D eigenvalue weighted by Gasteiger charge is -2.26. The fraction of sp³-hybridized carbons (Fsp3) is 0.350. The van der Waals surface area contributed by atoms with Gasteiger partial charge in [0.25, 0.3) is 5.91 Å². The number of nitrogens with zero attached hydrogens (tertiary/aromatic N) is 1. The van der Waals surface area contributed by atoms with Crippen molar-refractivity contribution in [2.75, 3.05) is 33.4 Å². The summed E-state index contributed by atoms with van der Waals surface area (Å²) < 4.78 is 10.5. The second-order valence-electron chi connectivity index (χ2n) is 6.12. The molecule has 1 amide bonds. The largest absolute Gasteiger partial charge is 0.497 e. The van der Waals surface area contributed by atoms with Gasteiger partial charge in [-0.3, -0.25) is 9.69 Å². The third kappa shape index (κ3) is 5.05. The number of rotatable bonds is 6. The molecule has 1 aliphatic rings. The van der Waals surface area contributed by atoms with Crippen molar-refractivity contribution in [3.05, 3.63) is 65.2 Å². The quantitative estimate of drug-likeness (QED) is 0.878. The van der Waals surface area contributed by atoms with E-state index in [9.17, 15) is 4.79 Å². The molecule has 1 saturated heterocycles. The van der Waals surface area contributed by atoms with Crippen molar-refractivity contribution in [2.24, 2.45) is 0 Å². The number of hydrogen-bond acceptors (Lipinski definition) is 4. The van der Waals surface area contributed by atoms with Gasteiger partial charge in [0.2, 0.25) is 0 Å². The molecule has 0 aromatic heterocycles. The lowest BCUT2D eigenvalue weighted by atomic mass is 10.1. The zero-order valence-electron chi connectivity index (χ0n) is 14.5. The number of benzene rings is 2. The molecule has 5 nitrogen and oxygen atoms in total. The van der Waals surface area contributed by atoms with Crippen molar-refractivity contribution in [2.45, 2.75) is 13.1 Å². The maximum atomic E-state index is 12.2. The van der Waals surface area contributed by atoms with Crippen LogP contribution in [0.3, 0.4) is 0 Å². The van der Waals surface area contributed by atoms with Crippen molar-refractivity contribution in [3.63, 3.8) is 0 Å². The smallest absolute Gasteiger partial charge is 0.251 e. The Balaban J connectivity index is 1.55. The summed E-state index contributed by atoms with van der Waals surface area (Å²) in [6.45, 7) is 4.98. The lowest BCUT2D eigenvalue weighted by molar-refractivity contribution is 0.0342. The average molecular weight is 340 g/mol. The molecule has 0 aliphatic carbocycles. The molecule has 0 atom stereocenters. The van der Waals surface area contributed by atoms with E-state index in [2.05, 4.69) is 22.3 Å². The van der Waals surface area contributed by atoms with Crippen molar-refractivity contribution >= 4 is 5.91 Å². The molecular weight excluding hydrogens is 316 g/mol. The fourth-order valence-electron chi connectivity index (χ4n) is 2.88. The highest BCUT2D eigenvalue weighted by Crippen LogP contribution is 2.12. The molecule has 0 saturated carbocycles. The fourth-order valence-corrected chi connectivity index (χ4v) is 2.88. The average Bonchev–Trinajstić information content (AvgIpc) is 2.67. The molecule has 0 unspecified atom stereocenters. The summed E-state index contributed by atoms with van der Waals surface area (Å²) in [4.78, 5) is 14.6. The molecule has 132 valence electrons. The number of methoxy groups -OCH3 is 1. The summed E-state index contributed by atoms with van der Waals surface area (Å²) in [6, 6.07) is 15.5. The Morgan fingerprint density at radius 1 is 1.12 bits per heavy atom. The number of ether oxygens (including phenoxy) is 2. The first-order valence-corrected chi connectivity index (χ1v) is 8.55. The van der Waals surface area contributed by atoms with Crippen LogP contribution in [0.25, 0.3) is 0 Å². The molecule has 3 rings (SSSR count).